The molecule has 3 heteroatoms. The molecule has 1 aromatic rings. The molecule has 1 unspecified atom stereocenters. The Balaban J connectivity index is 1.88. The van der Waals surface area contributed by atoms with Crippen molar-refractivity contribution >= 4 is 17.3 Å². The standard InChI is InChI=1S/C16H22ClN2/c1-16(2)9-12-8-13(17)4-5-14(12)18-15(16)11-6-7-19(3)10-11/h4-5,8,15,18H,6-7,9-10H2,1-3H3. The maximum absolute atomic E-state index is 6.11. The summed E-state index contributed by atoms with van der Waals surface area (Å²) in [6.45, 7) is 7.04. The third-order valence-electron chi connectivity index (χ3n) is 4.49. The van der Waals surface area contributed by atoms with Crippen molar-refractivity contribution in [2.75, 3.05) is 25.5 Å². The van der Waals surface area contributed by atoms with Crippen molar-refractivity contribution in [1.29, 1.82) is 0 Å². The van der Waals surface area contributed by atoms with E-state index in [9.17, 15) is 0 Å². The van der Waals surface area contributed by atoms with E-state index in [-0.39, 0.29) is 5.41 Å². The van der Waals surface area contributed by atoms with E-state index in [2.05, 4.69) is 43.2 Å². The van der Waals surface area contributed by atoms with Gasteiger partial charge in [0, 0.05) is 29.2 Å². The van der Waals surface area contributed by atoms with E-state index in [1.54, 1.807) is 5.92 Å². The lowest BCUT2D eigenvalue weighted by molar-refractivity contribution is 0.290. The van der Waals surface area contributed by atoms with Crippen LogP contribution in [0.4, 0.5) is 5.69 Å². The number of halogens is 1. The highest BCUT2D eigenvalue weighted by atomic mass is 35.5. The zero-order valence-electron chi connectivity index (χ0n) is 12.0. The van der Waals surface area contributed by atoms with Gasteiger partial charge >= 0.3 is 0 Å². The van der Waals surface area contributed by atoms with Crippen LogP contribution in [0.3, 0.4) is 0 Å². The Morgan fingerprint density at radius 3 is 2.84 bits per heavy atom. The van der Waals surface area contributed by atoms with Gasteiger partial charge in [-0.05, 0) is 55.6 Å². The highest BCUT2D eigenvalue weighted by molar-refractivity contribution is 6.30. The van der Waals surface area contributed by atoms with Crippen LogP contribution in [-0.4, -0.2) is 31.1 Å². The van der Waals surface area contributed by atoms with Gasteiger partial charge in [-0.25, -0.2) is 0 Å². The summed E-state index contributed by atoms with van der Waals surface area (Å²) in [4.78, 5) is 2.41. The quantitative estimate of drug-likeness (QED) is 0.844. The number of anilines is 1. The van der Waals surface area contributed by atoms with Crippen molar-refractivity contribution < 1.29 is 0 Å². The van der Waals surface area contributed by atoms with Crippen molar-refractivity contribution in [3.05, 3.63) is 34.7 Å². The van der Waals surface area contributed by atoms with Crippen LogP contribution < -0.4 is 5.32 Å². The molecule has 1 radical (unpaired) electrons. The summed E-state index contributed by atoms with van der Waals surface area (Å²) in [5.41, 5.74) is 2.86. The van der Waals surface area contributed by atoms with Crippen LogP contribution in [0.25, 0.3) is 0 Å². The van der Waals surface area contributed by atoms with E-state index in [0.717, 1.165) is 18.0 Å². The van der Waals surface area contributed by atoms with Gasteiger partial charge in [0.15, 0.2) is 0 Å². The van der Waals surface area contributed by atoms with Crippen LogP contribution in [-0.2, 0) is 6.42 Å². The van der Waals surface area contributed by atoms with Crippen LogP contribution >= 0.6 is 11.6 Å². The summed E-state index contributed by atoms with van der Waals surface area (Å²) in [5.74, 6) is 1.65. The maximum atomic E-state index is 6.11. The molecule has 0 spiro atoms. The van der Waals surface area contributed by atoms with Gasteiger partial charge in [-0.2, -0.15) is 0 Å². The third kappa shape index (κ3) is 2.48. The zero-order chi connectivity index (χ0) is 13.6. The van der Waals surface area contributed by atoms with E-state index in [0.29, 0.717) is 6.04 Å². The normalized spacial score (nSPS) is 27.1. The Hall–Kier alpha value is -0.730. The van der Waals surface area contributed by atoms with Crippen LogP contribution in [0.15, 0.2) is 18.2 Å². The summed E-state index contributed by atoms with van der Waals surface area (Å²) in [6.07, 6.45) is 2.31. The number of hydrogen-bond donors (Lipinski definition) is 1. The molecule has 0 aromatic heterocycles. The second-order valence-corrected chi connectivity index (χ2v) is 7.13. The summed E-state index contributed by atoms with van der Waals surface area (Å²) < 4.78 is 0. The van der Waals surface area contributed by atoms with Gasteiger partial charge in [-0.15, -0.1) is 0 Å². The van der Waals surface area contributed by atoms with Gasteiger partial charge in [0.05, 0.1) is 0 Å². The molecule has 2 aliphatic heterocycles. The highest BCUT2D eigenvalue weighted by Crippen LogP contribution is 2.43. The molecule has 3 rings (SSSR count). The Morgan fingerprint density at radius 2 is 2.16 bits per heavy atom. The van der Waals surface area contributed by atoms with Crippen molar-refractivity contribution in [2.45, 2.75) is 32.7 Å². The number of likely N-dealkylation sites (tertiary alicyclic amines) is 1. The SMILES string of the molecule is CN1CC[C](C2Nc3ccc(Cl)cc3CC2(C)C)C1. The summed E-state index contributed by atoms with van der Waals surface area (Å²) >= 11 is 6.11. The molecule has 19 heavy (non-hydrogen) atoms. The number of hydrogen-bond acceptors (Lipinski definition) is 2. The molecule has 2 heterocycles. The molecule has 103 valence electrons. The average Bonchev–Trinajstić information content (AvgIpc) is 2.73. The predicted molar refractivity (Wildman–Crippen MR) is 81.7 cm³/mol. The molecular formula is C16H22ClN2. The Kier molecular flexibility index (Phi) is 3.26. The molecule has 2 aliphatic rings. The minimum Gasteiger partial charge on any atom is -0.381 e. The van der Waals surface area contributed by atoms with E-state index in [1.807, 2.05) is 6.07 Å². The summed E-state index contributed by atoms with van der Waals surface area (Å²) in [6, 6.07) is 6.69. The Morgan fingerprint density at radius 1 is 1.37 bits per heavy atom. The molecule has 1 atom stereocenters. The highest BCUT2D eigenvalue weighted by Gasteiger charge is 2.41. The van der Waals surface area contributed by atoms with Gasteiger partial charge in [0.2, 0.25) is 0 Å². The van der Waals surface area contributed by atoms with Crippen LogP contribution in [0.5, 0.6) is 0 Å². The monoisotopic (exact) mass is 277 g/mol. The molecule has 0 saturated carbocycles. The fourth-order valence-electron chi connectivity index (χ4n) is 3.52. The van der Waals surface area contributed by atoms with Crippen molar-refractivity contribution in [2.24, 2.45) is 5.41 Å². The number of fused-ring (bicyclic) bond motifs is 1. The number of rotatable bonds is 1. The lowest BCUT2D eigenvalue weighted by Gasteiger charge is -2.44. The predicted octanol–water partition coefficient (Wildman–Crippen LogP) is 3.61. The first-order chi connectivity index (χ1) is 8.95. The first kappa shape index (κ1) is 13.3. The number of nitrogens with one attached hydrogen (secondary N) is 1. The third-order valence-corrected chi connectivity index (χ3v) is 4.73. The van der Waals surface area contributed by atoms with E-state index in [4.69, 9.17) is 11.6 Å². The van der Waals surface area contributed by atoms with Gasteiger partial charge in [0.1, 0.15) is 0 Å². The molecule has 0 aliphatic carbocycles. The summed E-state index contributed by atoms with van der Waals surface area (Å²) in [7, 11) is 2.20. The molecular weight excluding hydrogens is 256 g/mol. The largest absolute Gasteiger partial charge is 0.381 e. The average molecular weight is 278 g/mol. The maximum Gasteiger partial charge on any atom is 0.0410 e. The lowest BCUT2D eigenvalue weighted by atomic mass is 9.70. The number of nitrogens with zero attached hydrogens (tertiary/aromatic N) is 1. The summed E-state index contributed by atoms with van der Waals surface area (Å²) in [5, 5.41) is 4.59. The molecule has 0 amide bonds. The van der Waals surface area contributed by atoms with Gasteiger partial charge in [-0.1, -0.05) is 25.4 Å². The van der Waals surface area contributed by atoms with E-state index >= 15 is 0 Å². The molecule has 2 nitrogen and oxygen atoms in total. The smallest absolute Gasteiger partial charge is 0.0410 e. The molecule has 1 N–H and O–H groups in total. The fourth-order valence-corrected chi connectivity index (χ4v) is 3.72. The van der Waals surface area contributed by atoms with Crippen molar-refractivity contribution in [1.82, 2.24) is 4.90 Å². The molecule has 0 bridgehead atoms. The number of benzene rings is 1. The van der Waals surface area contributed by atoms with E-state index < -0.39 is 0 Å². The van der Waals surface area contributed by atoms with Crippen LogP contribution in [0.2, 0.25) is 5.02 Å². The second-order valence-electron chi connectivity index (χ2n) is 6.69. The molecule has 1 fully saturated rings. The van der Waals surface area contributed by atoms with Gasteiger partial charge in [0.25, 0.3) is 0 Å². The fraction of sp³-hybridized carbons (Fsp3) is 0.562. The first-order valence-electron chi connectivity index (χ1n) is 7.04. The van der Waals surface area contributed by atoms with E-state index in [1.165, 1.54) is 24.2 Å². The first-order valence-corrected chi connectivity index (χ1v) is 7.41. The van der Waals surface area contributed by atoms with Gasteiger partial charge in [-0.3, -0.25) is 0 Å². The Bertz CT molecular complexity index is 484. The van der Waals surface area contributed by atoms with Gasteiger partial charge < -0.3 is 10.2 Å². The minimum absolute atomic E-state index is 0.248. The lowest BCUT2D eigenvalue weighted by Crippen LogP contribution is -2.46. The van der Waals surface area contributed by atoms with Crippen LogP contribution in [0.1, 0.15) is 25.8 Å². The van der Waals surface area contributed by atoms with Crippen molar-refractivity contribution in [3.63, 3.8) is 0 Å². The molecule has 1 aromatic carbocycles. The minimum atomic E-state index is 0.248. The zero-order valence-corrected chi connectivity index (χ0v) is 12.7. The molecule has 1 saturated heterocycles. The Labute approximate surface area is 121 Å². The van der Waals surface area contributed by atoms with Crippen LogP contribution in [0, 0.1) is 11.3 Å². The second kappa shape index (κ2) is 4.68. The topological polar surface area (TPSA) is 15.3 Å². The van der Waals surface area contributed by atoms with Crippen molar-refractivity contribution in [3.8, 4) is 0 Å².